The molecule has 2 aromatic heterocycles. The Morgan fingerprint density at radius 3 is 2.85 bits per heavy atom. The fraction of sp³-hybridized carbons (Fsp3) is 0.176. The minimum Gasteiger partial charge on any atom is -0.462 e. The second-order valence-electron chi connectivity index (χ2n) is 5.27. The first-order chi connectivity index (χ1) is 12.5. The van der Waals surface area contributed by atoms with Crippen molar-refractivity contribution in [1.29, 1.82) is 0 Å². The van der Waals surface area contributed by atoms with E-state index in [1.807, 2.05) is 0 Å². The molecule has 26 heavy (non-hydrogen) atoms. The zero-order valence-corrected chi connectivity index (χ0v) is 15.6. The number of aromatic nitrogens is 2. The topological polar surface area (TPSA) is 93.2 Å². The van der Waals surface area contributed by atoms with E-state index in [1.54, 1.807) is 38.1 Å². The second kappa shape index (κ2) is 7.67. The molecule has 0 fully saturated rings. The molecule has 0 radical (unpaired) electrons. The van der Waals surface area contributed by atoms with E-state index in [4.69, 9.17) is 16.3 Å². The summed E-state index contributed by atoms with van der Waals surface area (Å²) < 4.78 is 5.07. The predicted octanol–water partition coefficient (Wildman–Crippen LogP) is 3.59. The second-order valence-corrected chi connectivity index (χ2v) is 6.70. The van der Waals surface area contributed by atoms with Crippen LogP contribution in [0.5, 0.6) is 0 Å². The molecule has 0 spiro atoms. The van der Waals surface area contributed by atoms with Crippen molar-refractivity contribution in [3.8, 4) is 0 Å². The third-order valence-electron chi connectivity index (χ3n) is 3.57. The number of carbonyl (C=O) groups is 2. The van der Waals surface area contributed by atoms with Gasteiger partial charge in [-0.1, -0.05) is 17.7 Å². The van der Waals surface area contributed by atoms with Gasteiger partial charge in [0.05, 0.1) is 12.0 Å². The summed E-state index contributed by atoms with van der Waals surface area (Å²) in [6.07, 6.45) is 1.36. The number of amides is 1. The van der Waals surface area contributed by atoms with E-state index in [1.165, 1.54) is 17.7 Å². The highest BCUT2D eigenvalue weighted by Crippen LogP contribution is 2.33. The van der Waals surface area contributed by atoms with Crippen LogP contribution in [0.15, 0.2) is 30.6 Å². The summed E-state index contributed by atoms with van der Waals surface area (Å²) >= 11 is 7.12. The Kier molecular flexibility index (Phi) is 5.34. The summed E-state index contributed by atoms with van der Waals surface area (Å²) in [7, 11) is 0. The van der Waals surface area contributed by atoms with Crippen LogP contribution in [0, 0.1) is 6.92 Å². The smallest absolute Gasteiger partial charge is 0.348 e. The lowest BCUT2D eigenvalue weighted by molar-refractivity contribution is 0.0531. The molecule has 3 aromatic rings. The van der Waals surface area contributed by atoms with Crippen LogP contribution in [0.2, 0.25) is 5.02 Å². The fourth-order valence-electron chi connectivity index (χ4n) is 2.38. The molecule has 0 bridgehead atoms. The maximum atomic E-state index is 12.2. The van der Waals surface area contributed by atoms with E-state index in [0.29, 0.717) is 43.7 Å². The molecule has 0 aliphatic heterocycles. The SMILES string of the molecule is CCOC(=O)c1sc2ncnc(NNC(=O)c3cccc(Cl)c3)c2c1C. The lowest BCUT2D eigenvalue weighted by Crippen LogP contribution is -2.29. The van der Waals surface area contributed by atoms with Crippen LogP contribution in [0.25, 0.3) is 10.2 Å². The van der Waals surface area contributed by atoms with Crippen LogP contribution in [0.4, 0.5) is 5.82 Å². The summed E-state index contributed by atoms with van der Waals surface area (Å²) in [4.78, 5) is 33.8. The number of carbonyl (C=O) groups excluding carboxylic acids is 2. The van der Waals surface area contributed by atoms with Gasteiger partial charge < -0.3 is 4.74 Å². The van der Waals surface area contributed by atoms with Crippen molar-refractivity contribution < 1.29 is 14.3 Å². The van der Waals surface area contributed by atoms with Crippen molar-refractivity contribution in [2.24, 2.45) is 0 Å². The molecule has 0 unspecified atom stereocenters. The number of benzene rings is 1. The van der Waals surface area contributed by atoms with Crippen LogP contribution in [0.1, 0.15) is 32.5 Å². The molecule has 2 N–H and O–H groups in total. The summed E-state index contributed by atoms with van der Waals surface area (Å²) in [5, 5.41) is 1.13. The number of ether oxygens (including phenoxy) is 1. The molecule has 2 heterocycles. The Balaban J connectivity index is 1.86. The van der Waals surface area contributed by atoms with E-state index in [2.05, 4.69) is 20.8 Å². The van der Waals surface area contributed by atoms with E-state index in [-0.39, 0.29) is 5.91 Å². The molecule has 9 heteroatoms. The van der Waals surface area contributed by atoms with Gasteiger partial charge in [-0.3, -0.25) is 15.6 Å². The molecule has 0 aliphatic carbocycles. The lowest BCUT2D eigenvalue weighted by Gasteiger charge is -2.09. The Bertz CT molecular complexity index is 989. The van der Waals surface area contributed by atoms with Crippen molar-refractivity contribution in [2.75, 3.05) is 12.0 Å². The molecule has 134 valence electrons. The van der Waals surface area contributed by atoms with Gasteiger partial charge in [0.15, 0.2) is 5.82 Å². The summed E-state index contributed by atoms with van der Waals surface area (Å²) in [6, 6.07) is 6.58. The van der Waals surface area contributed by atoms with Gasteiger partial charge in [0.2, 0.25) is 0 Å². The summed E-state index contributed by atoms with van der Waals surface area (Å²) in [5.41, 5.74) is 6.47. The first-order valence-electron chi connectivity index (χ1n) is 7.74. The monoisotopic (exact) mass is 390 g/mol. The highest BCUT2D eigenvalue weighted by Gasteiger charge is 2.20. The summed E-state index contributed by atoms with van der Waals surface area (Å²) in [5.74, 6) is -0.366. The number of hydrogen-bond acceptors (Lipinski definition) is 7. The number of nitrogens with one attached hydrogen (secondary N) is 2. The van der Waals surface area contributed by atoms with Crippen molar-refractivity contribution in [3.05, 3.63) is 51.6 Å². The number of anilines is 1. The summed E-state index contributed by atoms with van der Waals surface area (Å²) in [6.45, 7) is 3.83. The van der Waals surface area contributed by atoms with Gasteiger partial charge in [0.1, 0.15) is 16.0 Å². The highest BCUT2D eigenvalue weighted by molar-refractivity contribution is 7.20. The van der Waals surface area contributed by atoms with Crippen LogP contribution >= 0.6 is 22.9 Å². The number of hydrazine groups is 1. The quantitative estimate of drug-likeness (QED) is 0.511. The van der Waals surface area contributed by atoms with Crippen LogP contribution < -0.4 is 10.9 Å². The zero-order chi connectivity index (χ0) is 18.7. The van der Waals surface area contributed by atoms with Crippen molar-refractivity contribution in [3.63, 3.8) is 0 Å². The maximum Gasteiger partial charge on any atom is 0.348 e. The number of aryl methyl sites for hydroxylation is 1. The predicted molar refractivity (Wildman–Crippen MR) is 101 cm³/mol. The highest BCUT2D eigenvalue weighted by atomic mass is 35.5. The average molecular weight is 391 g/mol. The molecule has 3 rings (SSSR count). The van der Waals surface area contributed by atoms with Gasteiger partial charge in [-0.2, -0.15) is 0 Å². The molecule has 0 saturated carbocycles. The normalized spacial score (nSPS) is 10.6. The standard InChI is InChI=1S/C17H15ClN4O3S/c1-3-25-17(24)13-9(2)12-14(19-8-20-16(12)26-13)21-22-15(23)10-5-4-6-11(18)7-10/h4-8H,3H2,1-2H3,(H,22,23)(H,19,20,21). The fourth-order valence-corrected chi connectivity index (χ4v) is 3.61. The van der Waals surface area contributed by atoms with Gasteiger partial charge in [0, 0.05) is 10.6 Å². The zero-order valence-electron chi connectivity index (χ0n) is 14.0. The molecule has 7 nitrogen and oxygen atoms in total. The van der Waals surface area contributed by atoms with Crippen LogP contribution in [-0.2, 0) is 4.74 Å². The number of rotatable bonds is 5. The molecule has 0 aliphatic rings. The third-order valence-corrected chi connectivity index (χ3v) is 4.98. The Labute approximate surface area is 158 Å². The van der Waals surface area contributed by atoms with Crippen molar-refractivity contribution in [1.82, 2.24) is 15.4 Å². The lowest BCUT2D eigenvalue weighted by atomic mass is 10.2. The first-order valence-corrected chi connectivity index (χ1v) is 8.93. The number of halogens is 1. The average Bonchev–Trinajstić information content (AvgIpc) is 2.97. The number of fused-ring (bicyclic) bond motifs is 1. The van der Waals surface area contributed by atoms with Gasteiger partial charge in [-0.05, 0) is 37.6 Å². The van der Waals surface area contributed by atoms with Gasteiger partial charge in [-0.15, -0.1) is 11.3 Å². The van der Waals surface area contributed by atoms with Gasteiger partial charge in [-0.25, -0.2) is 14.8 Å². The third kappa shape index (κ3) is 3.61. The maximum absolute atomic E-state index is 12.2. The van der Waals surface area contributed by atoms with E-state index < -0.39 is 5.97 Å². The number of nitrogens with zero attached hydrogens (tertiary/aromatic N) is 2. The molecule has 0 atom stereocenters. The Hall–Kier alpha value is -2.71. The van der Waals surface area contributed by atoms with E-state index in [9.17, 15) is 9.59 Å². The van der Waals surface area contributed by atoms with E-state index >= 15 is 0 Å². The van der Waals surface area contributed by atoms with Gasteiger partial charge >= 0.3 is 5.97 Å². The van der Waals surface area contributed by atoms with Crippen LogP contribution in [0.3, 0.4) is 0 Å². The van der Waals surface area contributed by atoms with Crippen LogP contribution in [-0.4, -0.2) is 28.5 Å². The molecular weight excluding hydrogens is 376 g/mol. The van der Waals surface area contributed by atoms with Crippen molar-refractivity contribution in [2.45, 2.75) is 13.8 Å². The number of thiophene rings is 1. The Morgan fingerprint density at radius 1 is 1.31 bits per heavy atom. The largest absolute Gasteiger partial charge is 0.462 e. The first kappa shape index (κ1) is 18.1. The van der Waals surface area contributed by atoms with E-state index in [0.717, 1.165) is 0 Å². The minimum absolute atomic E-state index is 0.291. The number of esters is 1. The minimum atomic E-state index is -0.401. The van der Waals surface area contributed by atoms with Gasteiger partial charge in [0.25, 0.3) is 5.91 Å². The number of hydrogen-bond donors (Lipinski definition) is 2. The molecule has 0 saturated heterocycles. The molecular formula is C17H15ClN4O3S. The molecule has 1 amide bonds. The van der Waals surface area contributed by atoms with Crippen molar-refractivity contribution >= 4 is 50.8 Å². The Morgan fingerprint density at radius 2 is 2.12 bits per heavy atom. The molecule has 1 aromatic carbocycles.